The fourth-order valence-electron chi connectivity index (χ4n) is 0.895. The minimum Gasteiger partial charge on any atom is -0.485 e. The van der Waals surface area contributed by atoms with Gasteiger partial charge >= 0.3 is 0 Å². The van der Waals surface area contributed by atoms with Gasteiger partial charge in [0.2, 0.25) is 0 Å². The molecule has 2 nitrogen and oxygen atoms in total. The second-order valence-electron chi connectivity index (χ2n) is 3.64. The van der Waals surface area contributed by atoms with Crippen LogP contribution in [0.25, 0.3) is 0 Å². The van der Waals surface area contributed by atoms with Crippen molar-refractivity contribution in [3.63, 3.8) is 0 Å². The van der Waals surface area contributed by atoms with Crippen LogP contribution in [-0.4, -0.2) is 12.1 Å². The zero-order valence-electron chi connectivity index (χ0n) is 8.18. The van der Waals surface area contributed by atoms with Gasteiger partial charge in [0.1, 0.15) is 11.4 Å². The monoisotopic (exact) mass is 277 g/mol. The van der Waals surface area contributed by atoms with Gasteiger partial charge in [0.15, 0.2) is 0 Å². The quantitative estimate of drug-likeness (QED) is 0.921. The maximum atomic E-state index is 5.97. The maximum absolute atomic E-state index is 5.97. The number of ether oxygens (including phenoxy) is 1. The zero-order valence-corrected chi connectivity index (χ0v) is 10.5. The third-order valence-corrected chi connectivity index (χ3v) is 2.58. The Bertz CT molecular complexity index is 328. The molecule has 0 heterocycles. The lowest BCUT2D eigenvalue weighted by Gasteiger charge is -2.25. The molecule has 0 aliphatic carbocycles. The standard InChI is InChI=1S/C10H13BrClNO/c1-10(2,6-13)14-9-5-7(11)3-4-8(9)12/h3-5H,6,13H2,1-2H3. The number of benzene rings is 1. The van der Waals surface area contributed by atoms with Gasteiger partial charge in [0.25, 0.3) is 0 Å². The largest absolute Gasteiger partial charge is 0.485 e. The van der Waals surface area contributed by atoms with E-state index in [1.807, 2.05) is 26.0 Å². The number of hydrogen-bond donors (Lipinski definition) is 1. The van der Waals surface area contributed by atoms with Gasteiger partial charge < -0.3 is 10.5 Å². The SMILES string of the molecule is CC(C)(CN)Oc1cc(Br)ccc1Cl. The van der Waals surface area contributed by atoms with Crippen LogP contribution in [0.1, 0.15) is 13.8 Å². The van der Waals surface area contributed by atoms with Crippen LogP contribution in [0, 0.1) is 0 Å². The highest BCUT2D eigenvalue weighted by Crippen LogP contribution is 2.30. The lowest BCUT2D eigenvalue weighted by Crippen LogP contribution is -2.37. The first-order valence-electron chi connectivity index (χ1n) is 4.29. The van der Waals surface area contributed by atoms with Crippen LogP contribution in [0.15, 0.2) is 22.7 Å². The van der Waals surface area contributed by atoms with E-state index in [-0.39, 0.29) is 0 Å². The first kappa shape index (κ1) is 11.8. The summed E-state index contributed by atoms with van der Waals surface area (Å²) >= 11 is 9.33. The Balaban J connectivity index is 2.91. The Hall–Kier alpha value is -0.250. The second-order valence-corrected chi connectivity index (χ2v) is 4.96. The Morgan fingerprint density at radius 2 is 2.14 bits per heavy atom. The number of hydrogen-bond acceptors (Lipinski definition) is 2. The average Bonchev–Trinajstić information content (AvgIpc) is 2.11. The van der Waals surface area contributed by atoms with Crippen LogP contribution in [0.5, 0.6) is 5.75 Å². The zero-order chi connectivity index (χ0) is 10.8. The summed E-state index contributed by atoms with van der Waals surface area (Å²) in [5, 5.41) is 0.592. The number of halogens is 2. The molecular weight excluding hydrogens is 265 g/mol. The summed E-state index contributed by atoms with van der Waals surface area (Å²) in [6.45, 7) is 4.28. The highest BCUT2D eigenvalue weighted by Gasteiger charge is 2.18. The summed E-state index contributed by atoms with van der Waals surface area (Å²) in [6, 6.07) is 5.48. The van der Waals surface area contributed by atoms with E-state index in [9.17, 15) is 0 Å². The molecule has 0 bridgehead atoms. The fourth-order valence-corrected chi connectivity index (χ4v) is 1.39. The number of nitrogens with two attached hydrogens (primary N) is 1. The number of rotatable bonds is 3. The van der Waals surface area contributed by atoms with Crippen molar-refractivity contribution >= 4 is 27.5 Å². The van der Waals surface area contributed by atoms with Gasteiger partial charge in [0.05, 0.1) is 5.02 Å². The topological polar surface area (TPSA) is 35.2 Å². The molecule has 0 aliphatic heterocycles. The van der Waals surface area contributed by atoms with Gasteiger partial charge in [0, 0.05) is 11.0 Å². The smallest absolute Gasteiger partial charge is 0.139 e. The summed E-state index contributed by atoms with van der Waals surface area (Å²) in [4.78, 5) is 0. The predicted octanol–water partition coefficient (Wildman–Crippen LogP) is 3.22. The van der Waals surface area contributed by atoms with Gasteiger partial charge in [-0.15, -0.1) is 0 Å². The fraction of sp³-hybridized carbons (Fsp3) is 0.400. The van der Waals surface area contributed by atoms with Crippen LogP contribution < -0.4 is 10.5 Å². The molecule has 0 atom stereocenters. The van der Waals surface area contributed by atoms with Gasteiger partial charge in [-0.05, 0) is 32.0 Å². The van der Waals surface area contributed by atoms with E-state index in [1.165, 1.54) is 0 Å². The Kier molecular flexibility index (Phi) is 3.81. The van der Waals surface area contributed by atoms with Crippen molar-refractivity contribution in [2.45, 2.75) is 19.4 Å². The molecule has 78 valence electrons. The molecular formula is C10H13BrClNO. The molecule has 1 aromatic carbocycles. The third-order valence-electron chi connectivity index (χ3n) is 1.77. The van der Waals surface area contributed by atoms with Crippen molar-refractivity contribution in [1.82, 2.24) is 0 Å². The molecule has 0 fully saturated rings. The minimum absolute atomic E-state index is 0.398. The lowest BCUT2D eigenvalue weighted by molar-refractivity contribution is 0.119. The van der Waals surface area contributed by atoms with E-state index in [1.54, 1.807) is 6.07 Å². The Labute approximate surface area is 97.5 Å². The molecule has 0 aromatic heterocycles. The summed E-state index contributed by atoms with van der Waals surface area (Å²) in [5.74, 6) is 0.650. The first-order valence-corrected chi connectivity index (χ1v) is 5.46. The molecule has 14 heavy (non-hydrogen) atoms. The summed E-state index contributed by atoms with van der Waals surface area (Å²) in [7, 11) is 0. The summed E-state index contributed by atoms with van der Waals surface area (Å²) < 4.78 is 6.61. The first-order chi connectivity index (χ1) is 6.44. The molecule has 0 aliphatic rings. The van der Waals surface area contributed by atoms with Crippen molar-refractivity contribution < 1.29 is 4.74 Å². The van der Waals surface area contributed by atoms with Gasteiger partial charge in [-0.3, -0.25) is 0 Å². The van der Waals surface area contributed by atoms with Crippen molar-refractivity contribution in [3.8, 4) is 5.75 Å². The van der Waals surface area contributed by atoms with E-state index in [4.69, 9.17) is 22.1 Å². The molecule has 1 rings (SSSR count). The molecule has 0 unspecified atom stereocenters. The predicted molar refractivity (Wildman–Crippen MR) is 62.9 cm³/mol. The highest BCUT2D eigenvalue weighted by molar-refractivity contribution is 9.10. The van der Waals surface area contributed by atoms with Crippen molar-refractivity contribution in [3.05, 3.63) is 27.7 Å². The van der Waals surface area contributed by atoms with Crippen LogP contribution in [0.2, 0.25) is 5.02 Å². The molecule has 0 spiro atoms. The summed E-state index contributed by atoms with van der Waals surface area (Å²) in [5.41, 5.74) is 5.16. The van der Waals surface area contributed by atoms with Gasteiger partial charge in [-0.25, -0.2) is 0 Å². The molecule has 4 heteroatoms. The van der Waals surface area contributed by atoms with Crippen LogP contribution >= 0.6 is 27.5 Å². The van der Waals surface area contributed by atoms with E-state index in [0.717, 1.165) is 4.47 Å². The van der Waals surface area contributed by atoms with Crippen LogP contribution in [-0.2, 0) is 0 Å². The van der Waals surface area contributed by atoms with Crippen molar-refractivity contribution in [1.29, 1.82) is 0 Å². The molecule has 0 saturated heterocycles. The average molecular weight is 279 g/mol. The molecule has 2 N–H and O–H groups in total. The Morgan fingerprint density at radius 1 is 1.50 bits per heavy atom. The van der Waals surface area contributed by atoms with Crippen molar-refractivity contribution in [2.75, 3.05) is 6.54 Å². The minimum atomic E-state index is -0.398. The van der Waals surface area contributed by atoms with Gasteiger partial charge in [-0.1, -0.05) is 27.5 Å². The van der Waals surface area contributed by atoms with E-state index >= 15 is 0 Å². The lowest BCUT2D eigenvalue weighted by atomic mass is 10.1. The molecule has 0 amide bonds. The van der Waals surface area contributed by atoms with Gasteiger partial charge in [-0.2, -0.15) is 0 Å². The molecule has 0 radical (unpaired) electrons. The van der Waals surface area contributed by atoms with Crippen molar-refractivity contribution in [2.24, 2.45) is 5.73 Å². The highest BCUT2D eigenvalue weighted by atomic mass is 79.9. The molecule has 1 aromatic rings. The van der Waals surface area contributed by atoms with E-state index < -0.39 is 5.60 Å². The maximum Gasteiger partial charge on any atom is 0.139 e. The van der Waals surface area contributed by atoms with E-state index in [0.29, 0.717) is 17.3 Å². The second kappa shape index (κ2) is 4.51. The normalized spacial score (nSPS) is 11.5. The third kappa shape index (κ3) is 3.15. The van der Waals surface area contributed by atoms with E-state index in [2.05, 4.69) is 15.9 Å². The molecule has 0 saturated carbocycles. The Morgan fingerprint density at radius 3 is 2.71 bits per heavy atom. The van der Waals surface area contributed by atoms with Crippen LogP contribution in [0.3, 0.4) is 0 Å². The van der Waals surface area contributed by atoms with Crippen LogP contribution in [0.4, 0.5) is 0 Å². The summed E-state index contributed by atoms with van der Waals surface area (Å²) in [6.07, 6.45) is 0.